The van der Waals surface area contributed by atoms with E-state index in [2.05, 4.69) is 43.1 Å². The third-order valence-electron chi connectivity index (χ3n) is 6.32. The molecule has 2 aliphatic rings. The van der Waals surface area contributed by atoms with E-state index in [-0.39, 0.29) is 12.2 Å². The van der Waals surface area contributed by atoms with E-state index in [9.17, 15) is 9.65 Å². The molecule has 0 aromatic carbocycles. The van der Waals surface area contributed by atoms with Gasteiger partial charge >= 0.3 is 0 Å². The lowest BCUT2D eigenvalue weighted by Gasteiger charge is -2.32. The summed E-state index contributed by atoms with van der Waals surface area (Å²) in [6, 6.07) is 11.8. The van der Waals surface area contributed by atoms with Crippen LogP contribution in [0.1, 0.15) is 24.7 Å². The molecule has 9 nitrogen and oxygen atoms in total. The number of anilines is 3. The lowest BCUT2D eigenvalue weighted by Crippen LogP contribution is -2.43. The molecule has 1 N–H and O–H groups in total. The third-order valence-corrected chi connectivity index (χ3v) is 6.32. The fourth-order valence-corrected chi connectivity index (χ4v) is 4.36. The standard InChI is InChI=1S/C25H27FN8O/c1-17-16-35-11-10-33(17)15-20-3-2-19(13-29-20)30-25-28-8-6-22(32-25)21-4-5-24(23(12-27)31-21)34-9-7-18(26)14-34/h2-6,8,13,17-18H,7,9-11,14-16H2,1H3,(H,28,30,32). The van der Waals surface area contributed by atoms with Crippen LogP contribution in [0, 0.1) is 11.3 Å². The van der Waals surface area contributed by atoms with Crippen LogP contribution in [0.2, 0.25) is 0 Å². The van der Waals surface area contributed by atoms with Gasteiger partial charge in [0.25, 0.3) is 0 Å². The van der Waals surface area contributed by atoms with Crippen LogP contribution >= 0.6 is 0 Å². The second-order valence-corrected chi connectivity index (χ2v) is 8.83. The predicted octanol–water partition coefficient (Wildman–Crippen LogP) is 3.32. The summed E-state index contributed by atoms with van der Waals surface area (Å²) < 4.78 is 19.1. The van der Waals surface area contributed by atoms with E-state index >= 15 is 0 Å². The van der Waals surface area contributed by atoms with Gasteiger partial charge in [-0.05, 0) is 43.7 Å². The number of alkyl halides is 1. The summed E-state index contributed by atoms with van der Waals surface area (Å²) in [5, 5.41) is 12.8. The summed E-state index contributed by atoms with van der Waals surface area (Å²) >= 11 is 0. The molecule has 10 heteroatoms. The van der Waals surface area contributed by atoms with E-state index in [0.717, 1.165) is 37.7 Å². The zero-order valence-electron chi connectivity index (χ0n) is 19.6. The molecule has 0 saturated carbocycles. The Morgan fingerprint density at radius 1 is 1.14 bits per heavy atom. The zero-order valence-corrected chi connectivity index (χ0v) is 19.6. The van der Waals surface area contributed by atoms with Crippen molar-refractivity contribution in [3.05, 3.63) is 54.1 Å². The monoisotopic (exact) mass is 474 g/mol. The number of rotatable bonds is 6. The lowest BCUT2D eigenvalue weighted by atomic mass is 10.2. The summed E-state index contributed by atoms with van der Waals surface area (Å²) in [5.41, 5.74) is 3.82. The number of morpholine rings is 1. The van der Waals surface area contributed by atoms with Crippen molar-refractivity contribution in [2.75, 3.05) is 43.1 Å². The molecule has 3 aromatic rings. The number of hydrogen-bond acceptors (Lipinski definition) is 9. The molecule has 0 aliphatic carbocycles. The van der Waals surface area contributed by atoms with E-state index in [0.29, 0.717) is 42.0 Å². The molecule has 0 radical (unpaired) electrons. The normalized spacial score (nSPS) is 20.5. The second-order valence-electron chi connectivity index (χ2n) is 8.83. The van der Waals surface area contributed by atoms with Crippen molar-refractivity contribution >= 4 is 17.3 Å². The Morgan fingerprint density at radius 2 is 2.03 bits per heavy atom. The first kappa shape index (κ1) is 23.1. The Kier molecular flexibility index (Phi) is 6.79. The van der Waals surface area contributed by atoms with Crippen LogP contribution in [-0.4, -0.2) is 69.9 Å². The molecular weight excluding hydrogens is 447 g/mol. The van der Waals surface area contributed by atoms with Gasteiger partial charge < -0.3 is 15.0 Å². The Hall–Kier alpha value is -3.68. The van der Waals surface area contributed by atoms with Gasteiger partial charge in [0.2, 0.25) is 5.95 Å². The highest BCUT2D eigenvalue weighted by molar-refractivity contribution is 5.65. The molecule has 0 amide bonds. The number of ether oxygens (including phenoxy) is 1. The lowest BCUT2D eigenvalue weighted by molar-refractivity contribution is -0.00490. The number of pyridine rings is 2. The molecule has 35 heavy (non-hydrogen) atoms. The summed E-state index contributed by atoms with van der Waals surface area (Å²) in [7, 11) is 0. The van der Waals surface area contributed by atoms with Crippen molar-refractivity contribution in [1.82, 2.24) is 24.8 Å². The first-order valence-electron chi connectivity index (χ1n) is 11.8. The Bertz CT molecular complexity index is 1210. The van der Waals surface area contributed by atoms with E-state index in [1.165, 1.54) is 0 Å². The average molecular weight is 475 g/mol. The zero-order chi connectivity index (χ0) is 24.2. The van der Waals surface area contributed by atoms with Gasteiger partial charge in [-0.3, -0.25) is 9.88 Å². The van der Waals surface area contributed by atoms with Crippen LogP contribution < -0.4 is 10.2 Å². The van der Waals surface area contributed by atoms with Crippen LogP contribution in [0.25, 0.3) is 11.4 Å². The minimum atomic E-state index is -0.872. The molecule has 2 saturated heterocycles. The second kappa shape index (κ2) is 10.3. The van der Waals surface area contributed by atoms with Crippen molar-refractivity contribution in [1.29, 1.82) is 5.26 Å². The van der Waals surface area contributed by atoms with Gasteiger partial charge in [-0.2, -0.15) is 5.26 Å². The number of hydrogen-bond donors (Lipinski definition) is 1. The topological polar surface area (TPSA) is 103 Å². The van der Waals surface area contributed by atoms with Crippen molar-refractivity contribution in [3.63, 3.8) is 0 Å². The summed E-state index contributed by atoms with van der Waals surface area (Å²) in [6.07, 6.45) is 3.01. The first-order valence-corrected chi connectivity index (χ1v) is 11.8. The number of halogens is 1. The maximum Gasteiger partial charge on any atom is 0.227 e. The minimum absolute atomic E-state index is 0.263. The van der Waals surface area contributed by atoms with Crippen molar-refractivity contribution in [2.45, 2.75) is 32.1 Å². The predicted molar refractivity (Wildman–Crippen MR) is 130 cm³/mol. The molecule has 3 aromatic heterocycles. The van der Waals surface area contributed by atoms with Gasteiger partial charge in [-0.25, -0.2) is 19.3 Å². The Morgan fingerprint density at radius 3 is 2.77 bits per heavy atom. The molecular formula is C25H27FN8O. The SMILES string of the molecule is CC1COCCN1Cc1ccc(Nc2nccc(-c3ccc(N4CCC(F)C4)c(C#N)n3)n2)cn1. The van der Waals surface area contributed by atoms with Gasteiger partial charge in [0.05, 0.1) is 47.9 Å². The van der Waals surface area contributed by atoms with E-state index in [4.69, 9.17) is 4.74 Å². The van der Waals surface area contributed by atoms with Crippen molar-refractivity contribution < 1.29 is 9.13 Å². The molecule has 2 unspecified atom stereocenters. The Labute approximate surface area is 203 Å². The maximum absolute atomic E-state index is 13.6. The minimum Gasteiger partial charge on any atom is -0.379 e. The van der Waals surface area contributed by atoms with Crippen molar-refractivity contribution in [3.8, 4) is 17.5 Å². The quantitative estimate of drug-likeness (QED) is 0.576. The number of aromatic nitrogens is 4. The summed E-state index contributed by atoms with van der Waals surface area (Å²) in [6.45, 7) is 6.21. The number of nitriles is 1. The van der Waals surface area contributed by atoms with Crippen LogP contribution in [0.3, 0.4) is 0 Å². The largest absolute Gasteiger partial charge is 0.379 e. The third kappa shape index (κ3) is 5.37. The maximum atomic E-state index is 13.6. The van der Waals surface area contributed by atoms with E-state index in [1.807, 2.05) is 23.1 Å². The smallest absolute Gasteiger partial charge is 0.227 e. The highest BCUT2D eigenvalue weighted by Gasteiger charge is 2.25. The van der Waals surface area contributed by atoms with Gasteiger partial charge in [-0.15, -0.1) is 0 Å². The van der Waals surface area contributed by atoms with Gasteiger partial charge in [0, 0.05) is 38.4 Å². The molecule has 2 atom stereocenters. The average Bonchev–Trinajstić information content (AvgIpc) is 3.32. The Balaban J connectivity index is 1.28. The van der Waals surface area contributed by atoms with Gasteiger partial charge in [0.1, 0.15) is 12.2 Å². The summed E-state index contributed by atoms with van der Waals surface area (Å²) in [5.74, 6) is 0.406. The van der Waals surface area contributed by atoms with Crippen LogP contribution in [-0.2, 0) is 11.3 Å². The number of nitrogens with zero attached hydrogens (tertiary/aromatic N) is 7. The van der Waals surface area contributed by atoms with Crippen LogP contribution in [0.5, 0.6) is 0 Å². The fraction of sp³-hybridized carbons (Fsp3) is 0.400. The molecule has 180 valence electrons. The summed E-state index contributed by atoms with van der Waals surface area (Å²) in [4.78, 5) is 22.2. The molecule has 2 aliphatic heterocycles. The molecule has 2 fully saturated rings. The molecule has 5 heterocycles. The fourth-order valence-electron chi connectivity index (χ4n) is 4.36. The van der Waals surface area contributed by atoms with E-state index < -0.39 is 6.17 Å². The first-order chi connectivity index (χ1) is 17.1. The molecule has 0 spiro atoms. The molecule has 5 rings (SSSR count). The molecule has 0 bridgehead atoms. The van der Waals surface area contributed by atoms with Crippen LogP contribution in [0.4, 0.5) is 21.7 Å². The van der Waals surface area contributed by atoms with Gasteiger partial charge in [-0.1, -0.05) is 0 Å². The highest BCUT2D eigenvalue weighted by Crippen LogP contribution is 2.27. The van der Waals surface area contributed by atoms with E-state index in [1.54, 1.807) is 24.5 Å². The van der Waals surface area contributed by atoms with Gasteiger partial charge in [0.15, 0.2) is 5.69 Å². The van der Waals surface area contributed by atoms with Crippen molar-refractivity contribution in [2.24, 2.45) is 0 Å². The van der Waals surface area contributed by atoms with Crippen LogP contribution in [0.15, 0.2) is 42.7 Å². The highest BCUT2D eigenvalue weighted by atomic mass is 19.1. The number of nitrogens with one attached hydrogen (secondary N) is 1.